The number of benzene rings is 2. The number of sulfonamides is 1. The van der Waals surface area contributed by atoms with E-state index in [0.717, 1.165) is 18.5 Å². The molecular weight excluding hydrogens is 351 g/mol. The van der Waals surface area contributed by atoms with Gasteiger partial charge in [0.25, 0.3) is 0 Å². The third-order valence-corrected chi connectivity index (χ3v) is 5.51. The molecule has 0 saturated heterocycles. The molecule has 7 heteroatoms. The zero-order valence-corrected chi connectivity index (χ0v) is 14.9. The van der Waals surface area contributed by atoms with Crippen LogP contribution in [-0.4, -0.2) is 21.5 Å². The van der Waals surface area contributed by atoms with E-state index in [9.17, 15) is 12.8 Å². The Morgan fingerprint density at radius 1 is 1.25 bits per heavy atom. The van der Waals surface area contributed by atoms with Crippen molar-refractivity contribution in [1.29, 1.82) is 0 Å². The standard InChI is InChI=1S/C17H19FN2O2S.ClH/c1-12-6-7-15(18)17(10-12)23(21,22)20-11-16-14-5-3-2-4-13(14)8-9-19-16;/h2-7,10,16,19-20H,8-9,11H2,1H3;1H. The Bertz CT molecular complexity index is 827. The maximum absolute atomic E-state index is 13.8. The summed E-state index contributed by atoms with van der Waals surface area (Å²) < 4.78 is 41.1. The minimum Gasteiger partial charge on any atom is -0.308 e. The molecule has 0 aromatic heterocycles. The van der Waals surface area contributed by atoms with E-state index in [-0.39, 0.29) is 29.9 Å². The smallest absolute Gasteiger partial charge is 0.243 e. The highest BCUT2D eigenvalue weighted by Crippen LogP contribution is 2.23. The average Bonchev–Trinajstić information content (AvgIpc) is 2.55. The Labute approximate surface area is 147 Å². The molecule has 0 aliphatic carbocycles. The Morgan fingerprint density at radius 2 is 2.00 bits per heavy atom. The summed E-state index contributed by atoms with van der Waals surface area (Å²) in [6, 6.07) is 11.9. The number of aryl methyl sites for hydroxylation is 1. The van der Waals surface area contributed by atoms with Crippen molar-refractivity contribution in [2.75, 3.05) is 13.1 Å². The molecule has 130 valence electrons. The van der Waals surface area contributed by atoms with Crippen LogP contribution in [0, 0.1) is 12.7 Å². The third-order valence-electron chi connectivity index (χ3n) is 4.07. The Morgan fingerprint density at radius 3 is 2.79 bits per heavy atom. The third kappa shape index (κ3) is 3.95. The number of nitrogens with one attached hydrogen (secondary N) is 2. The molecule has 0 fully saturated rings. The van der Waals surface area contributed by atoms with Gasteiger partial charge in [0.15, 0.2) is 0 Å². The van der Waals surface area contributed by atoms with Crippen molar-refractivity contribution in [1.82, 2.24) is 10.0 Å². The van der Waals surface area contributed by atoms with E-state index < -0.39 is 15.8 Å². The van der Waals surface area contributed by atoms with Crippen LogP contribution in [0.1, 0.15) is 22.7 Å². The van der Waals surface area contributed by atoms with Gasteiger partial charge in [-0.1, -0.05) is 30.3 Å². The highest BCUT2D eigenvalue weighted by molar-refractivity contribution is 7.89. The molecule has 0 spiro atoms. The minimum atomic E-state index is -3.88. The van der Waals surface area contributed by atoms with Crippen LogP contribution in [0.2, 0.25) is 0 Å². The van der Waals surface area contributed by atoms with Gasteiger partial charge in [0.05, 0.1) is 0 Å². The molecule has 3 rings (SSSR count). The average molecular weight is 371 g/mol. The SMILES string of the molecule is Cc1ccc(F)c(S(=O)(=O)NCC2NCCc3ccccc32)c1.Cl. The fourth-order valence-electron chi connectivity index (χ4n) is 2.86. The molecule has 0 radical (unpaired) electrons. The monoisotopic (exact) mass is 370 g/mol. The summed E-state index contributed by atoms with van der Waals surface area (Å²) in [5, 5.41) is 3.30. The molecule has 1 atom stereocenters. The quantitative estimate of drug-likeness (QED) is 0.870. The fraction of sp³-hybridized carbons (Fsp3) is 0.294. The van der Waals surface area contributed by atoms with E-state index in [2.05, 4.69) is 16.1 Å². The van der Waals surface area contributed by atoms with E-state index in [1.807, 2.05) is 18.2 Å². The van der Waals surface area contributed by atoms with Crippen LogP contribution in [0.25, 0.3) is 0 Å². The van der Waals surface area contributed by atoms with Crippen LogP contribution < -0.4 is 10.0 Å². The second-order valence-corrected chi connectivity index (χ2v) is 7.48. The van der Waals surface area contributed by atoms with Crippen molar-refractivity contribution in [2.45, 2.75) is 24.3 Å². The van der Waals surface area contributed by atoms with Crippen LogP contribution in [0.3, 0.4) is 0 Å². The molecule has 4 nitrogen and oxygen atoms in total. The molecule has 24 heavy (non-hydrogen) atoms. The summed E-state index contributed by atoms with van der Waals surface area (Å²) in [5.74, 6) is -0.736. The lowest BCUT2D eigenvalue weighted by atomic mass is 9.95. The van der Waals surface area contributed by atoms with Crippen LogP contribution in [0.4, 0.5) is 4.39 Å². The van der Waals surface area contributed by atoms with Crippen molar-refractivity contribution in [3.05, 3.63) is 65.0 Å². The van der Waals surface area contributed by atoms with Gasteiger partial charge in [-0.3, -0.25) is 0 Å². The summed E-state index contributed by atoms with van der Waals surface area (Å²) >= 11 is 0. The van der Waals surface area contributed by atoms with Gasteiger partial charge in [-0.15, -0.1) is 12.4 Å². The Balaban J connectivity index is 0.00000208. The molecule has 2 aromatic carbocycles. The molecular formula is C17H20ClFN2O2S. The molecule has 2 aromatic rings. The first-order chi connectivity index (χ1) is 11.0. The highest BCUT2D eigenvalue weighted by Gasteiger charge is 2.24. The van der Waals surface area contributed by atoms with Crippen molar-refractivity contribution in [3.8, 4) is 0 Å². The van der Waals surface area contributed by atoms with Crippen LogP contribution in [0.5, 0.6) is 0 Å². The zero-order valence-electron chi connectivity index (χ0n) is 13.3. The highest BCUT2D eigenvalue weighted by atomic mass is 35.5. The van der Waals surface area contributed by atoms with E-state index in [0.29, 0.717) is 5.56 Å². The number of rotatable bonds is 4. The summed E-state index contributed by atoms with van der Waals surface area (Å²) in [4.78, 5) is -0.304. The maximum atomic E-state index is 13.8. The molecule has 1 unspecified atom stereocenters. The topological polar surface area (TPSA) is 58.2 Å². The maximum Gasteiger partial charge on any atom is 0.243 e. The van der Waals surface area contributed by atoms with Crippen LogP contribution in [0.15, 0.2) is 47.4 Å². The summed E-state index contributed by atoms with van der Waals surface area (Å²) in [6.07, 6.45) is 0.923. The first kappa shape index (κ1) is 18.9. The zero-order chi connectivity index (χ0) is 16.4. The molecule has 1 aliphatic rings. The van der Waals surface area contributed by atoms with Gasteiger partial charge in [0.1, 0.15) is 10.7 Å². The second kappa shape index (κ2) is 7.61. The number of hydrogen-bond donors (Lipinski definition) is 2. The summed E-state index contributed by atoms with van der Waals surface area (Å²) in [5.41, 5.74) is 3.01. The molecule has 0 bridgehead atoms. The predicted molar refractivity (Wildman–Crippen MR) is 94.5 cm³/mol. The van der Waals surface area contributed by atoms with E-state index in [4.69, 9.17) is 0 Å². The lowest BCUT2D eigenvalue weighted by Gasteiger charge is -2.27. The normalized spacial score (nSPS) is 17.0. The van der Waals surface area contributed by atoms with Crippen LogP contribution >= 0.6 is 12.4 Å². The Hall–Kier alpha value is -1.47. The molecule has 1 aliphatic heterocycles. The minimum absolute atomic E-state index is 0. The number of halogens is 2. The van der Waals surface area contributed by atoms with Gasteiger partial charge >= 0.3 is 0 Å². The van der Waals surface area contributed by atoms with E-state index >= 15 is 0 Å². The lowest BCUT2D eigenvalue weighted by Crippen LogP contribution is -2.39. The van der Waals surface area contributed by atoms with Crippen molar-refractivity contribution in [3.63, 3.8) is 0 Å². The van der Waals surface area contributed by atoms with Gasteiger partial charge in [-0.2, -0.15) is 0 Å². The van der Waals surface area contributed by atoms with E-state index in [1.54, 1.807) is 13.0 Å². The number of hydrogen-bond acceptors (Lipinski definition) is 3. The summed E-state index contributed by atoms with van der Waals surface area (Å²) in [6.45, 7) is 2.71. The fourth-order valence-corrected chi connectivity index (χ4v) is 4.07. The molecule has 1 heterocycles. The van der Waals surface area contributed by atoms with Gasteiger partial charge in [0, 0.05) is 12.6 Å². The van der Waals surface area contributed by atoms with Gasteiger partial charge < -0.3 is 5.32 Å². The van der Waals surface area contributed by atoms with Gasteiger partial charge in [-0.05, 0) is 48.7 Å². The summed E-state index contributed by atoms with van der Waals surface area (Å²) in [7, 11) is -3.88. The molecule has 0 amide bonds. The van der Waals surface area contributed by atoms with Crippen molar-refractivity contribution >= 4 is 22.4 Å². The van der Waals surface area contributed by atoms with Crippen molar-refractivity contribution in [2.24, 2.45) is 0 Å². The van der Waals surface area contributed by atoms with Crippen molar-refractivity contribution < 1.29 is 12.8 Å². The van der Waals surface area contributed by atoms with Gasteiger partial charge in [-0.25, -0.2) is 17.5 Å². The molecule has 2 N–H and O–H groups in total. The largest absolute Gasteiger partial charge is 0.308 e. The number of fused-ring (bicyclic) bond motifs is 1. The molecule has 0 saturated carbocycles. The van der Waals surface area contributed by atoms with Gasteiger partial charge in [0.2, 0.25) is 10.0 Å². The second-order valence-electron chi connectivity index (χ2n) is 5.74. The lowest BCUT2D eigenvalue weighted by molar-refractivity contribution is 0.489. The first-order valence-electron chi connectivity index (χ1n) is 7.54. The van der Waals surface area contributed by atoms with E-state index in [1.165, 1.54) is 17.7 Å². The predicted octanol–water partition coefficient (Wildman–Crippen LogP) is 2.72. The van der Waals surface area contributed by atoms with Crippen LogP contribution in [-0.2, 0) is 16.4 Å². The Kier molecular flexibility index (Phi) is 5.98. The first-order valence-corrected chi connectivity index (χ1v) is 9.03.